The van der Waals surface area contributed by atoms with Gasteiger partial charge in [-0.15, -0.1) is 16.2 Å². The van der Waals surface area contributed by atoms with Gasteiger partial charge in [0, 0.05) is 0 Å². The number of thiazole rings is 1. The first kappa shape index (κ1) is 12.6. The summed E-state index contributed by atoms with van der Waals surface area (Å²) in [5.41, 5.74) is -1.24. The lowest BCUT2D eigenvalue weighted by Crippen LogP contribution is -2.25. The topological polar surface area (TPSA) is 71.4 Å². The number of hydrogen-bond acceptors (Lipinski definition) is 5. The smallest absolute Gasteiger partial charge is 0.329 e. The number of carbonyl (C=O) groups excluding carboxylic acids is 1. The highest BCUT2D eigenvalue weighted by molar-refractivity contribution is 7.13. The molecule has 1 amide bonds. The number of nitrogens with zero attached hydrogens (tertiary/aromatic N) is 2. The molecule has 1 aromatic rings. The van der Waals surface area contributed by atoms with Crippen LogP contribution in [0, 0.1) is 11.8 Å². The Labute approximate surface area is 91.7 Å². The maximum Gasteiger partial charge on any atom is 0.435 e. The minimum atomic E-state index is -4.69. The van der Waals surface area contributed by atoms with E-state index in [2.05, 4.69) is 10.2 Å². The summed E-state index contributed by atoms with van der Waals surface area (Å²) in [4.78, 5) is 23.6. The number of alkyl halides is 3. The molecule has 0 radical (unpaired) electrons. The second kappa shape index (κ2) is 4.56. The van der Waals surface area contributed by atoms with Crippen LogP contribution in [0.15, 0.2) is 5.18 Å². The molecule has 9 heteroatoms. The molecule has 0 aliphatic rings. The molecular weight excluding hydrogens is 247 g/mol. The zero-order valence-corrected chi connectivity index (χ0v) is 8.78. The van der Waals surface area contributed by atoms with Crippen molar-refractivity contribution in [3.8, 4) is 0 Å². The molecule has 1 heterocycles. The van der Waals surface area contributed by atoms with E-state index < -0.39 is 29.3 Å². The van der Waals surface area contributed by atoms with Crippen molar-refractivity contribution in [2.24, 2.45) is 5.18 Å². The third-order valence-corrected chi connectivity index (χ3v) is 2.48. The van der Waals surface area contributed by atoms with Gasteiger partial charge in [-0.3, -0.25) is 4.79 Å². The average Bonchev–Trinajstić information content (AvgIpc) is 2.56. The van der Waals surface area contributed by atoms with Crippen LogP contribution in [-0.2, 0) is 6.18 Å². The van der Waals surface area contributed by atoms with Gasteiger partial charge in [-0.1, -0.05) is 0 Å². The second-order valence-corrected chi connectivity index (χ2v) is 3.90. The molecule has 0 saturated carbocycles. The molecule has 0 fully saturated rings. The Balaban J connectivity index is 3.03. The number of carbonyl (C=O) groups is 1. The zero-order chi connectivity index (χ0) is 12.3. The average molecular weight is 253 g/mol. The highest BCUT2D eigenvalue weighted by Crippen LogP contribution is 2.33. The SMILES string of the molecule is Cc1nc(C(F)(F)F)c(C(=O)NCN=O)s1. The molecule has 0 aliphatic heterocycles. The molecule has 5 nitrogen and oxygen atoms in total. The fourth-order valence-electron chi connectivity index (χ4n) is 0.957. The van der Waals surface area contributed by atoms with E-state index in [-0.39, 0.29) is 5.01 Å². The minimum absolute atomic E-state index is 0.122. The summed E-state index contributed by atoms with van der Waals surface area (Å²) in [6, 6.07) is 0. The van der Waals surface area contributed by atoms with Crippen molar-refractivity contribution in [1.82, 2.24) is 10.3 Å². The van der Waals surface area contributed by atoms with E-state index in [0.717, 1.165) is 0 Å². The van der Waals surface area contributed by atoms with E-state index in [0.29, 0.717) is 11.3 Å². The van der Waals surface area contributed by atoms with Crippen molar-refractivity contribution >= 4 is 17.2 Å². The quantitative estimate of drug-likeness (QED) is 0.836. The molecular formula is C7H6F3N3O2S. The van der Waals surface area contributed by atoms with Crippen molar-refractivity contribution in [2.75, 3.05) is 6.67 Å². The van der Waals surface area contributed by atoms with E-state index in [1.807, 2.05) is 5.32 Å². The van der Waals surface area contributed by atoms with Crippen LogP contribution in [0.5, 0.6) is 0 Å². The fraction of sp³-hybridized carbons (Fsp3) is 0.429. The first-order chi connectivity index (χ1) is 7.36. The van der Waals surface area contributed by atoms with E-state index in [9.17, 15) is 22.9 Å². The number of aromatic nitrogens is 1. The molecule has 0 atom stereocenters. The summed E-state index contributed by atoms with van der Waals surface area (Å²) in [7, 11) is 0. The van der Waals surface area contributed by atoms with Gasteiger partial charge in [-0.25, -0.2) is 4.98 Å². The second-order valence-electron chi connectivity index (χ2n) is 2.70. The Kier molecular flexibility index (Phi) is 3.58. The largest absolute Gasteiger partial charge is 0.435 e. The third-order valence-electron chi connectivity index (χ3n) is 1.51. The molecule has 1 N–H and O–H groups in total. The lowest BCUT2D eigenvalue weighted by atomic mass is 10.3. The van der Waals surface area contributed by atoms with Crippen LogP contribution < -0.4 is 5.32 Å². The van der Waals surface area contributed by atoms with Gasteiger partial charge in [0.05, 0.1) is 5.01 Å². The van der Waals surface area contributed by atoms with Gasteiger partial charge >= 0.3 is 6.18 Å². The summed E-state index contributed by atoms with van der Waals surface area (Å²) in [5.74, 6) is -1.00. The summed E-state index contributed by atoms with van der Waals surface area (Å²) in [6.07, 6.45) is -4.69. The lowest BCUT2D eigenvalue weighted by molar-refractivity contribution is -0.141. The standard InChI is InChI=1S/C7H6F3N3O2S/c1-3-13-5(7(8,9)10)4(16-3)6(14)11-2-12-15/h2H2,1H3,(H,11,14). The normalized spacial score (nSPS) is 11.2. The summed E-state index contributed by atoms with van der Waals surface area (Å²) in [5, 5.41) is 4.37. The molecule has 0 bridgehead atoms. The number of aryl methyl sites for hydroxylation is 1. The molecule has 0 saturated heterocycles. The predicted molar refractivity (Wildman–Crippen MR) is 50.0 cm³/mol. The minimum Gasteiger partial charge on any atom is -0.329 e. The molecule has 1 rings (SSSR count). The molecule has 0 aromatic carbocycles. The van der Waals surface area contributed by atoms with Crippen LogP contribution in [0.3, 0.4) is 0 Å². The van der Waals surface area contributed by atoms with E-state index in [1.54, 1.807) is 0 Å². The highest BCUT2D eigenvalue weighted by Gasteiger charge is 2.39. The molecule has 0 aliphatic carbocycles. The van der Waals surface area contributed by atoms with Crippen LogP contribution in [0.1, 0.15) is 20.4 Å². The lowest BCUT2D eigenvalue weighted by Gasteiger charge is -2.05. The number of hydrogen-bond donors (Lipinski definition) is 1. The van der Waals surface area contributed by atoms with E-state index in [1.165, 1.54) is 6.92 Å². The van der Waals surface area contributed by atoms with Gasteiger partial charge in [0.1, 0.15) is 4.88 Å². The van der Waals surface area contributed by atoms with E-state index >= 15 is 0 Å². The fourth-order valence-corrected chi connectivity index (χ4v) is 1.81. The number of rotatable bonds is 3. The monoisotopic (exact) mass is 253 g/mol. The molecule has 1 aromatic heterocycles. The van der Waals surface area contributed by atoms with Crippen LogP contribution in [0.4, 0.5) is 13.2 Å². The van der Waals surface area contributed by atoms with Gasteiger partial charge < -0.3 is 5.32 Å². The Hall–Kier alpha value is -1.51. The van der Waals surface area contributed by atoms with Crippen LogP contribution in [0.25, 0.3) is 0 Å². The molecule has 0 unspecified atom stereocenters. The van der Waals surface area contributed by atoms with Crippen molar-refractivity contribution in [1.29, 1.82) is 0 Å². The maximum absolute atomic E-state index is 12.4. The number of nitroso groups, excluding NO2 is 1. The van der Waals surface area contributed by atoms with Gasteiger partial charge in [0.2, 0.25) is 0 Å². The van der Waals surface area contributed by atoms with Crippen molar-refractivity contribution in [3.63, 3.8) is 0 Å². The van der Waals surface area contributed by atoms with Gasteiger partial charge in [-0.2, -0.15) is 13.2 Å². The first-order valence-electron chi connectivity index (χ1n) is 3.98. The zero-order valence-electron chi connectivity index (χ0n) is 7.96. The highest BCUT2D eigenvalue weighted by atomic mass is 32.1. The predicted octanol–water partition coefficient (Wildman–Crippen LogP) is 1.92. The van der Waals surface area contributed by atoms with Crippen LogP contribution >= 0.6 is 11.3 Å². The third kappa shape index (κ3) is 2.75. The van der Waals surface area contributed by atoms with Crippen molar-refractivity contribution in [3.05, 3.63) is 20.5 Å². The van der Waals surface area contributed by atoms with Gasteiger partial charge in [0.25, 0.3) is 5.91 Å². The van der Waals surface area contributed by atoms with Crippen LogP contribution in [0.2, 0.25) is 0 Å². The summed E-state index contributed by atoms with van der Waals surface area (Å²) < 4.78 is 37.3. The van der Waals surface area contributed by atoms with E-state index in [4.69, 9.17) is 0 Å². The molecule has 0 spiro atoms. The number of halogens is 3. The van der Waals surface area contributed by atoms with Gasteiger partial charge in [-0.05, 0) is 12.1 Å². The Bertz CT molecular complexity index is 415. The number of amides is 1. The Morgan fingerprint density at radius 2 is 2.19 bits per heavy atom. The number of nitrogens with one attached hydrogen (secondary N) is 1. The summed E-state index contributed by atoms with van der Waals surface area (Å²) >= 11 is 0.613. The maximum atomic E-state index is 12.4. The molecule has 16 heavy (non-hydrogen) atoms. The first-order valence-corrected chi connectivity index (χ1v) is 4.80. The Morgan fingerprint density at radius 3 is 2.69 bits per heavy atom. The van der Waals surface area contributed by atoms with Crippen molar-refractivity contribution < 1.29 is 18.0 Å². The van der Waals surface area contributed by atoms with Crippen molar-refractivity contribution in [2.45, 2.75) is 13.1 Å². The Morgan fingerprint density at radius 1 is 1.56 bits per heavy atom. The van der Waals surface area contributed by atoms with Gasteiger partial charge in [0.15, 0.2) is 12.4 Å². The molecule has 88 valence electrons. The summed E-state index contributed by atoms with van der Waals surface area (Å²) in [6.45, 7) is 0.780. The van der Waals surface area contributed by atoms with Crippen LogP contribution in [-0.4, -0.2) is 17.6 Å².